The summed E-state index contributed by atoms with van der Waals surface area (Å²) in [5.74, 6) is -1.09. The average Bonchev–Trinajstić information content (AvgIpc) is 3.13. The molecular weight excluding hydrogens is 232 g/mol. The molecule has 5 nitrogen and oxygen atoms in total. The van der Waals surface area contributed by atoms with Gasteiger partial charge >= 0.3 is 11.8 Å². The molecule has 2 fully saturated rings. The summed E-state index contributed by atoms with van der Waals surface area (Å²) >= 11 is 0. The molecule has 2 amide bonds. The van der Waals surface area contributed by atoms with E-state index >= 15 is 0 Å². The third-order valence-corrected chi connectivity index (χ3v) is 3.50. The second-order valence-corrected chi connectivity index (χ2v) is 4.79. The van der Waals surface area contributed by atoms with Gasteiger partial charge in [0.2, 0.25) is 0 Å². The Morgan fingerprint density at radius 3 is 2.44 bits per heavy atom. The summed E-state index contributed by atoms with van der Waals surface area (Å²) in [5.41, 5.74) is 0.907. The van der Waals surface area contributed by atoms with E-state index in [-0.39, 0.29) is 0 Å². The summed E-state index contributed by atoms with van der Waals surface area (Å²) in [6.45, 7) is 0.949. The molecular formula is C13H14N2O3. The Labute approximate surface area is 104 Å². The number of hydrogen-bond acceptors (Lipinski definition) is 3. The molecule has 1 aromatic rings. The maximum absolute atomic E-state index is 11.7. The molecule has 1 saturated carbocycles. The van der Waals surface area contributed by atoms with E-state index in [1.165, 1.54) is 4.90 Å². The molecule has 3 rings (SSSR count). The van der Waals surface area contributed by atoms with Crippen LogP contribution in [-0.4, -0.2) is 30.0 Å². The molecule has 1 aliphatic carbocycles. The highest BCUT2D eigenvalue weighted by molar-refractivity contribution is 6.41. The van der Waals surface area contributed by atoms with E-state index < -0.39 is 17.4 Å². The summed E-state index contributed by atoms with van der Waals surface area (Å²) in [4.78, 5) is 24.4. The lowest BCUT2D eigenvalue weighted by atomic mass is 10.1. The Bertz CT molecular complexity index is 505. The average molecular weight is 246 g/mol. The minimum Gasteiger partial charge on any atom is -0.385 e. The van der Waals surface area contributed by atoms with Crippen molar-refractivity contribution in [1.29, 1.82) is 0 Å². The van der Waals surface area contributed by atoms with Gasteiger partial charge in [-0.1, -0.05) is 12.1 Å². The smallest absolute Gasteiger partial charge is 0.316 e. The molecule has 0 unspecified atom stereocenters. The van der Waals surface area contributed by atoms with Gasteiger partial charge in [-0.15, -0.1) is 0 Å². The van der Waals surface area contributed by atoms with Gasteiger partial charge in [-0.05, 0) is 30.5 Å². The van der Waals surface area contributed by atoms with Crippen LogP contribution < -0.4 is 10.2 Å². The van der Waals surface area contributed by atoms with E-state index in [9.17, 15) is 14.7 Å². The van der Waals surface area contributed by atoms with E-state index in [2.05, 4.69) is 5.32 Å². The molecule has 2 aliphatic rings. The van der Waals surface area contributed by atoms with Crippen LogP contribution in [0, 0.1) is 0 Å². The Hall–Kier alpha value is -1.88. The first-order valence-electron chi connectivity index (χ1n) is 6.03. The lowest BCUT2D eigenvalue weighted by molar-refractivity contribution is -0.138. The largest absolute Gasteiger partial charge is 0.385 e. The fraction of sp³-hybridized carbons (Fsp3) is 0.385. The Morgan fingerprint density at radius 2 is 1.83 bits per heavy atom. The standard InChI is InChI=1S/C13H14N2O3/c16-11-12(17)15(8-7-14-11)10-3-1-9(2-4-10)13(18)5-6-13/h1-4,18H,5-8H2,(H,14,16). The zero-order valence-electron chi connectivity index (χ0n) is 9.85. The molecule has 0 spiro atoms. The van der Waals surface area contributed by atoms with E-state index in [0.717, 1.165) is 18.4 Å². The Morgan fingerprint density at radius 1 is 1.17 bits per heavy atom. The molecule has 0 radical (unpaired) electrons. The predicted molar refractivity (Wildman–Crippen MR) is 64.9 cm³/mol. The highest BCUT2D eigenvalue weighted by Gasteiger charge is 2.42. The van der Waals surface area contributed by atoms with Gasteiger partial charge in [-0.25, -0.2) is 0 Å². The number of nitrogens with zero attached hydrogens (tertiary/aromatic N) is 1. The van der Waals surface area contributed by atoms with Gasteiger partial charge in [-0.2, -0.15) is 0 Å². The number of carbonyl (C=O) groups is 2. The van der Waals surface area contributed by atoms with Crippen LogP contribution in [0.5, 0.6) is 0 Å². The van der Waals surface area contributed by atoms with Gasteiger partial charge in [0.25, 0.3) is 0 Å². The van der Waals surface area contributed by atoms with Crippen LogP contribution in [0.3, 0.4) is 0 Å². The van der Waals surface area contributed by atoms with Crippen molar-refractivity contribution >= 4 is 17.5 Å². The summed E-state index contributed by atoms with van der Waals surface area (Å²) in [6.07, 6.45) is 1.58. The van der Waals surface area contributed by atoms with E-state index in [0.29, 0.717) is 18.8 Å². The van der Waals surface area contributed by atoms with Crippen molar-refractivity contribution in [3.05, 3.63) is 29.8 Å². The molecule has 18 heavy (non-hydrogen) atoms. The van der Waals surface area contributed by atoms with E-state index in [1.807, 2.05) is 12.1 Å². The topological polar surface area (TPSA) is 69.6 Å². The number of carbonyl (C=O) groups excluding carboxylic acids is 2. The van der Waals surface area contributed by atoms with Crippen LogP contribution in [0.1, 0.15) is 18.4 Å². The first-order valence-corrected chi connectivity index (χ1v) is 6.03. The molecule has 0 bridgehead atoms. The van der Waals surface area contributed by atoms with Gasteiger partial charge in [0.15, 0.2) is 0 Å². The van der Waals surface area contributed by atoms with Crippen LogP contribution in [0.4, 0.5) is 5.69 Å². The van der Waals surface area contributed by atoms with Gasteiger partial charge in [-0.3, -0.25) is 9.59 Å². The number of aliphatic hydroxyl groups is 1. The van der Waals surface area contributed by atoms with Crippen LogP contribution in [0.15, 0.2) is 24.3 Å². The lowest BCUT2D eigenvalue weighted by Crippen LogP contribution is -2.52. The quantitative estimate of drug-likeness (QED) is 0.729. The van der Waals surface area contributed by atoms with Gasteiger partial charge in [0, 0.05) is 18.8 Å². The molecule has 0 atom stereocenters. The number of nitrogens with one attached hydrogen (secondary N) is 1. The fourth-order valence-corrected chi connectivity index (χ4v) is 2.19. The third kappa shape index (κ3) is 1.76. The van der Waals surface area contributed by atoms with Gasteiger partial charge in [0.1, 0.15) is 0 Å². The molecule has 94 valence electrons. The molecule has 2 N–H and O–H groups in total. The maximum atomic E-state index is 11.7. The highest BCUT2D eigenvalue weighted by atomic mass is 16.3. The van der Waals surface area contributed by atoms with Crippen molar-refractivity contribution in [3.8, 4) is 0 Å². The minimum atomic E-state index is -0.665. The van der Waals surface area contributed by atoms with Gasteiger partial charge < -0.3 is 15.3 Å². The third-order valence-electron chi connectivity index (χ3n) is 3.50. The summed E-state index contributed by atoms with van der Waals surface area (Å²) in [5, 5.41) is 12.5. The van der Waals surface area contributed by atoms with E-state index in [1.54, 1.807) is 12.1 Å². The van der Waals surface area contributed by atoms with Crippen molar-refractivity contribution in [1.82, 2.24) is 5.32 Å². The van der Waals surface area contributed by atoms with Crippen LogP contribution in [0.25, 0.3) is 0 Å². The molecule has 5 heteroatoms. The van der Waals surface area contributed by atoms with Crippen molar-refractivity contribution in [2.45, 2.75) is 18.4 Å². The minimum absolute atomic E-state index is 0.469. The zero-order valence-corrected chi connectivity index (χ0v) is 9.85. The van der Waals surface area contributed by atoms with Crippen LogP contribution in [-0.2, 0) is 15.2 Å². The monoisotopic (exact) mass is 246 g/mol. The van der Waals surface area contributed by atoms with Crippen LogP contribution in [0.2, 0.25) is 0 Å². The lowest BCUT2D eigenvalue weighted by Gasteiger charge is -2.26. The maximum Gasteiger partial charge on any atom is 0.316 e. The molecule has 1 aromatic carbocycles. The number of amides is 2. The first-order chi connectivity index (χ1) is 8.60. The number of hydrogen-bond donors (Lipinski definition) is 2. The summed E-state index contributed by atoms with van der Waals surface area (Å²) < 4.78 is 0. The Kier molecular flexibility index (Phi) is 2.38. The highest BCUT2D eigenvalue weighted by Crippen LogP contribution is 2.45. The SMILES string of the molecule is O=C1NCCN(c2ccc(C3(O)CC3)cc2)C1=O. The number of rotatable bonds is 2. The predicted octanol–water partition coefficient (Wildman–Crippen LogP) is 0.131. The number of anilines is 1. The van der Waals surface area contributed by atoms with Crippen molar-refractivity contribution in [3.63, 3.8) is 0 Å². The second-order valence-electron chi connectivity index (χ2n) is 4.79. The Balaban J connectivity index is 1.84. The molecule has 1 saturated heterocycles. The van der Waals surface area contributed by atoms with E-state index in [4.69, 9.17) is 0 Å². The van der Waals surface area contributed by atoms with Crippen LogP contribution >= 0.6 is 0 Å². The number of benzene rings is 1. The normalized spacial score (nSPS) is 21.7. The second kappa shape index (κ2) is 3.81. The van der Waals surface area contributed by atoms with Gasteiger partial charge in [0.05, 0.1) is 5.60 Å². The van der Waals surface area contributed by atoms with Crippen molar-refractivity contribution in [2.24, 2.45) is 0 Å². The molecule has 1 heterocycles. The summed E-state index contributed by atoms with van der Waals surface area (Å²) in [6, 6.07) is 7.20. The number of piperazine rings is 1. The molecule has 0 aromatic heterocycles. The summed E-state index contributed by atoms with van der Waals surface area (Å²) in [7, 11) is 0. The van der Waals surface area contributed by atoms with Crippen molar-refractivity contribution < 1.29 is 14.7 Å². The molecule has 1 aliphatic heterocycles. The fourth-order valence-electron chi connectivity index (χ4n) is 2.19. The zero-order chi connectivity index (χ0) is 12.8. The van der Waals surface area contributed by atoms with Crippen molar-refractivity contribution in [2.75, 3.05) is 18.0 Å². The first kappa shape index (κ1) is 11.2.